The van der Waals surface area contributed by atoms with E-state index in [-0.39, 0.29) is 0 Å². The van der Waals surface area contributed by atoms with Crippen molar-refractivity contribution in [2.45, 2.75) is 6.92 Å². The Hall–Kier alpha value is -1.19. The molecule has 0 amide bonds. The fourth-order valence-electron chi connectivity index (χ4n) is 1.00. The first kappa shape index (κ1) is 9.89. The number of rotatable bonds is 2. The van der Waals surface area contributed by atoms with Gasteiger partial charge in [0.25, 0.3) is 0 Å². The van der Waals surface area contributed by atoms with Gasteiger partial charge in [-0.25, -0.2) is 0 Å². The van der Waals surface area contributed by atoms with Crippen LogP contribution in [0.4, 0.5) is 5.69 Å². The molecule has 0 atom stereocenters. The van der Waals surface area contributed by atoms with Crippen molar-refractivity contribution >= 4 is 21.6 Å². The van der Waals surface area contributed by atoms with E-state index in [1.54, 1.807) is 13.2 Å². The predicted molar refractivity (Wildman–Crippen MR) is 54.2 cm³/mol. The Balaban J connectivity index is 3.34. The molecule has 68 valence electrons. The number of hydrogen-bond donors (Lipinski definition) is 0. The summed E-state index contributed by atoms with van der Waals surface area (Å²) in [6, 6.07) is 3.57. The number of nitrogens with zero attached hydrogens (tertiary/aromatic N) is 3. The SMILES string of the molecule is COc1cc(Br)cc(N=[N+]=[N-])c1C. The molecule has 0 aliphatic rings. The third-order valence-electron chi connectivity index (χ3n) is 1.67. The van der Waals surface area contributed by atoms with Crippen molar-refractivity contribution in [3.8, 4) is 5.75 Å². The molecule has 0 aliphatic heterocycles. The van der Waals surface area contributed by atoms with Gasteiger partial charge in [-0.1, -0.05) is 21.0 Å². The van der Waals surface area contributed by atoms with E-state index in [4.69, 9.17) is 10.3 Å². The molecule has 0 fully saturated rings. The Kier molecular flexibility index (Phi) is 3.17. The molecular formula is C8H8BrN3O. The lowest BCUT2D eigenvalue weighted by Crippen LogP contribution is -1.86. The number of halogens is 1. The molecule has 0 unspecified atom stereocenters. The molecule has 1 rings (SSSR count). The highest BCUT2D eigenvalue weighted by atomic mass is 79.9. The zero-order valence-electron chi connectivity index (χ0n) is 7.28. The van der Waals surface area contributed by atoms with Gasteiger partial charge in [-0.05, 0) is 24.6 Å². The second kappa shape index (κ2) is 4.16. The summed E-state index contributed by atoms with van der Waals surface area (Å²) in [4.78, 5) is 2.73. The molecule has 13 heavy (non-hydrogen) atoms. The van der Waals surface area contributed by atoms with Gasteiger partial charge in [0.2, 0.25) is 0 Å². The third kappa shape index (κ3) is 2.14. The number of benzene rings is 1. The van der Waals surface area contributed by atoms with Crippen molar-refractivity contribution in [1.29, 1.82) is 0 Å². The quantitative estimate of drug-likeness (QED) is 0.443. The lowest BCUT2D eigenvalue weighted by atomic mass is 10.2. The first-order valence-electron chi connectivity index (χ1n) is 3.58. The molecule has 1 aromatic carbocycles. The Morgan fingerprint density at radius 2 is 2.23 bits per heavy atom. The van der Waals surface area contributed by atoms with Crippen molar-refractivity contribution in [1.82, 2.24) is 0 Å². The summed E-state index contributed by atoms with van der Waals surface area (Å²) in [7, 11) is 1.58. The van der Waals surface area contributed by atoms with E-state index in [1.165, 1.54) is 0 Å². The van der Waals surface area contributed by atoms with E-state index in [9.17, 15) is 0 Å². The smallest absolute Gasteiger partial charge is 0.123 e. The van der Waals surface area contributed by atoms with Crippen LogP contribution in [0.1, 0.15) is 5.56 Å². The highest BCUT2D eigenvalue weighted by Crippen LogP contribution is 2.32. The van der Waals surface area contributed by atoms with Crippen LogP contribution >= 0.6 is 15.9 Å². The average molecular weight is 242 g/mol. The van der Waals surface area contributed by atoms with Gasteiger partial charge in [-0.15, -0.1) is 0 Å². The Bertz CT molecular complexity index is 372. The van der Waals surface area contributed by atoms with Crippen molar-refractivity contribution in [3.63, 3.8) is 0 Å². The summed E-state index contributed by atoms with van der Waals surface area (Å²) < 4.78 is 5.93. The zero-order chi connectivity index (χ0) is 9.84. The molecule has 0 aliphatic carbocycles. The van der Waals surface area contributed by atoms with Gasteiger partial charge in [0.15, 0.2) is 0 Å². The fraction of sp³-hybridized carbons (Fsp3) is 0.250. The zero-order valence-corrected chi connectivity index (χ0v) is 8.87. The molecule has 0 aromatic heterocycles. The lowest BCUT2D eigenvalue weighted by molar-refractivity contribution is 0.411. The van der Waals surface area contributed by atoms with E-state index in [2.05, 4.69) is 26.0 Å². The molecule has 0 spiro atoms. The van der Waals surface area contributed by atoms with E-state index in [0.29, 0.717) is 11.4 Å². The monoisotopic (exact) mass is 241 g/mol. The van der Waals surface area contributed by atoms with Crippen LogP contribution in [0.2, 0.25) is 0 Å². The molecule has 5 heteroatoms. The summed E-state index contributed by atoms with van der Waals surface area (Å²) in [6.45, 7) is 1.84. The summed E-state index contributed by atoms with van der Waals surface area (Å²) >= 11 is 3.29. The van der Waals surface area contributed by atoms with Crippen molar-refractivity contribution < 1.29 is 4.74 Å². The number of ether oxygens (including phenoxy) is 1. The molecule has 0 N–H and O–H groups in total. The molecule has 0 saturated heterocycles. The molecule has 4 nitrogen and oxygen atoms in total. The van der Waals surface area contributed by atoms with Crippen LogP contribution in [0.3, 0.4) is 0 Å². The topological polar surface area (TPSA) is 58.0 Å². The van der Waals surface area contributed by atoms with Crippen LogP contribution in [0.25, 0.3) is 10.4 Å². The van der Waals surface area contributed by atoms with Crippen molar-refractivity contribution in [2.75, 3.05) is 7.11 Å². The van der Waals surface area contributed by atoms with Gasteiger partial charge in [0, 0.05) is 20.6 Å². The van der Waals surface area contributed by atoms with Crippen LogP contribution in [0, 0.1) is 6.92 Å². The Labute approximate surface area is 84.3 Å². The molecule has 1 aromatic rings. The van der Waals surface area contributed by atoms with Gasteiger partial charge < -0.3 is 4.74 Å². The van der Waals surface area contributed by atoms with E-state index >= 15 is 0 Å². The number of azide groups is 1. The molecule has 0 saturated carbocycles. The highest BCUT2D eigenvalue weighted by molar-refractivity contribution is 9.10. The Morgan fingerprint density at radius 3 is 2.77 bits per heavy atom. The van der Waals surface area contributed by atoms with Crippen LogP contribution in [-0.4, -0.2) is 7.11 Å². The number of hydrogen-bond acceptors (Lipinski definition) is 2. The lowest BCUT2D eigenvalue weighted by Gasteiger charge is -2.07. The molecule has 0 radical (unpaired) electrons. The van der Waals surface area contributed by atoms with Gasteiger partial charge in [0.05, 0.1) is 7.11 Å². The fourth-order valence-corrected chi connectivity index (χ4v) is 1.43. The first-order valence-corrected chi connectivity index (χ1v) is 4.37. The van der Waals surface area contributed by atoms with Crippen LogP contribution in [0.5, 0.6) is 5.75 Å². The maximum absolute atomic E-state index is 8.30. The molecular weight excluding hydrogens is 234 g/mol. The minimum Gasteiger partial charge on any atom is -0.496 e. The van der Waals surface area contributed by atoms with E-state index < -0.39 is 0 Å². The second-order valence-corrected chi connectivity index (χ2v) is 3.36. The minimum atomic E-state index is 0.578. The van der Waals surface area contributed by atoms with Gasteiger partial charge in [-0.2, -0.15) is 0 Å². The van der Waals surface area contributed by atoms with Crippen LogP contribution in [0.15, 0.2) is 21.7 Å². The summed E-state index contributed by atoms with van der Waals surface area (Å²) in [5.74, 6) is 0.705. The summed E-state index contributed by atoms with van der Waals surface area (Å²) in [5, 5.41) is 3.55. The third-order valence-corrected chi connectivity index (χ3v) is 2.13. The van der Waals surface area contributed by atoms with Crippen LogP contribution < -0.4 is 4.74 Å². The molecule has 0 heterocycles. The van der Waals surface area contributed by atoms with Gasteiger partial charge in [0.1, 0.15) is 5.75 Å². The van der Waals surface area contributed by atoms with Crippen LogP contribution in [-0.2, 0) is 0 Å². The maximum atomic E-state index is 8.30. The van der Waals surface area contributed by atoms with Crippen molar-refractivity contribution in [3.05, 3.63) is 32.6 Å². The Morgan fingerprint density at radius 1 is 1.54 bits per heavy atom. The molecule has 0 bridgehead atoms. The van der Waals surface area contributed by atoms with Gasteiger partial charge >= 0.3 is 0 Å². The standard InChI is InChI=1S/C8H8BrN3O/c1-5-7(11-12-10)3-6(9)4-8(5)13-2/h3-4H,1-2H3. The first-order chi connectivity index (χ1) is 6.19. The maximum Gasteiger partial charge on any atom is 0.123 e. The normalized spacial score (nSPS) is 9.15. The second-order valence-electron chi connectivity index (χ2n) is 2.44. The summed E-state index contributed by atoms with van der Waals surface area (Å²) in [5.41, 5.74) is 9.71. The minimum absolute atomic E-state index is 0.578. The van der Waals surface area contributed by atoms with Gasteiger partial charge in [-0.3, -0.25) is 0 Å². The summed E-state index contributed by atoms with van der Waals surface area (Å²) in [6.07, 6.45) is 0. The average Bonchev–Trinajstić information content (AvgIpc) is 2.11. The largest absolute Gasteiger partial charge is 0.496 e. The predicted octanol–water partition coefficient (Wildman–Crippen LogP) is 3.71. The van der Waals surface area contributed by atoms with E-state index in [1.807, 2.05) is 13.0 Å². The van der Waals surface area contributed by atoms with Crippen molar-refractivity contribution in [2.24, 2.45) is 5.11 Å². The number of methoxy groups -OCH3 is 1. The van der Waals surface area contributed by atoms with E-state index in [0.717, 1.165) is 10.0 Å². The highest BCUT2D eigenvalue weighted by Gasteiger charge is 2.04.